The van der Waals surface area contributed by atoms with Crippen LogP contribution in [0.4, 0.5) is 11.4 Å². The van der Waals surface area contributed by atoms with Crippen LogP contribution in [0.3, 0.4) is 0 Å². The van der Waals surface area contributed by atoms with Crippen LogP contribution in [0.15, 0.2) is 87.3 Å². The molecule has 7 rings (SSSR count). The summed E-state index contributed by atoms with van der Waals surface area (Å²) in [5, 5.41) is 11.4. The maximum absolute atomic E-state index is 14.1. The first-order chi connectivity index (χ1) is 20.2. The van der Waals surface area contributed by atoms with E-state index in [1.54, 1.807) is 60.7 Å². The van der Waals surface area contributed by atoms with Gasteiger partial charge in [-0.3, -0.25) is 29.0 Å². The summed E-state index contributed by atoms with van der Waals surface area (Å²) < 4.78 is 1.64. The van der Waals surface area contributed by atoms with Crippen molar-refractivity contribution in [2.75, 3.05) is 9.80 Å². The molecule has 10 heteroatoms. The Bertz CT molecular complexity index is 1710. The Balaban J connectivity index is 1.35. The van der Waals surface area contributed by atoms with Gasteiger partial charge >= 0.3 is 0 Å². The van der Waals surface area contributed by atoms with Crippen molar-refractivity contribution >= 4 is 78.5 Å². The standard InChI is InChI=1S/C32H23Br2ClN2O5/c33-15-1-6-18(7-2-15)36-29(39)21-11-10-20-22(27(21)31(36)41)14-24-28(26(20)23-13-17(35)5-12-25(23)38)32(42)37(30(24)40)19-8-3-16(34)4-9-19/h1-10,12-13,21-22,24,26-28,38H,11,14H2. The Labute approximate surface area is 263 Å². The van der Waals surface area contributed by atoms with E-state index in [1.807, 2.05) is 6.08 Å². The van der Waals surface area contributed by atoms with E-state index in [2.05, 4.69) is 31.9 Å². The van der Waals surface area contributed by atoms with Crippen molar-refractivity contribution < 1.29 is 24.3 Å². The summed E-state index contributed by atoms with van der Waals surface area (Å²) in [5.74, 6) is -5.26. The van der Waals surface area contributed by atoms with Gasteiger partial charge in [0.05, 0.1) is 35.0 Å². The Morgan fingerprint density at radius 3 is 1.83 bits per heavy atom. The second kappa shape index (κ2) is 10.2. The lowest BCUT2D eigenvalue weighted by Gasteiger charge is -2.44. The zero-order chi connectivity index (χ0) is 29.4. The molecule has 6 unspecified atom stereocenters. The van der Waals surface area contributed by atoms with Gasteiger partial charge in [-0.1, -0.05) is 55.1 Å². The molecular weight excluding hydrogens is 688 g/mol. The van der Waals surface area contributed by atoms with Crippen LogP contribution in [-0.2, 0) is 19.2 Å². The molecule has 2 saturated heterocycles. The third-order valence-corrected chi connectivity index (χ3v) is 10.4. The Morgan fingerprint density at radius 2 is 1.24 bits per heavy atom. The van der Waals surface area contributed by atoms with Gasteiger partial charge in [0.2, 0.25) is 23.6 Å². The fraction of sp³-hybridized carbons (Fsp3) is 0.250. The van der Waals surface area contributed by atoms with Crippen LogP contribution in [0.5, 0.6) is 5.75 Å². The first-order valence-corrected chi connectivity index (χ1v) is 15.6. The normalized spacial score (nSPS) is 28.5. The fourth-order valence-electron chi connectivity index (χ4n) is 7.40. The van der Waals surface area contributed by atoms with Crippen molar-refractivity contribution in [1.82, 2.24) is 0 Å². The second-order valence-electron chi connectivity index (χ2n) is 11.2. The highest BCUT2D eigenvalue weighted by Crippen LogP contribution is 2.59. The number of benzene rings is 3. The van der Waals surface area contributed by atoms with E-state index in [4.69, 9.17) is 11.6 Å². The fourth-order valence-corrected chi connectivity index (χ4v) is 8.11. The van der Waals surface area contributed by atoms with Gasteiger partial charge in [-0.05, 0) is 85.5 Å². The third kappa shape index (κ3) is 4.12. The molecule has 3 fully saturated rings. The number of anilines is 2. The van der Waals surface area contributed by atoms with E-state index in [1.165, 1.54) is 15.9 Å². The SMILES string of the molecule is O=C1C2CC=C3C(CC4C(=O)N(c5ccc(Br)cc5)C(=O)C4C3c3cc(Cl)ccc3O)C2C(=O)N1c1ccc(Br)cc1. The smallest absolute Gasteiger partial charge is 0.238 e. The van der Waals surface area contributed by atoms with Crippen LogP contribution in [0.2, 0.25) is 5.02 Å². The first-order valence-electron chi connectivity index (χ1n) is 13.6. The summed E-state index contributed by atoms with van der Waals surface area (Å²) in [6.45, 7) is 0. The zero-order valence-electron chi connectivity index (χ0n) is 21.9. The minimum absolute atomic E-state index is 0.0421. The topological polar surface area (TPSA) is 95.0 Å². The van der Waals surface area contributed by atoms with Gasteiger partial charge in [0.1, 0.15) is 5.75 Å². The zero-order valence-corrected chi connectivity index (χ0v) is 25.8. The molecule has 0 aromatic heterocycles. The third-order valence-electron chi connectivity index (χ3n) is 9.14. The number of allylic oxidation sites excluding steroid dienone is 2. The Morgan fingerprint density at radius 1 is 0.690 bits per heavy atom. The molecule has 4 amide bonds. The average molecular weight is 711 g/mol. The highest BCUT2D eigenvalue weighted by molar-refractivity contribution is 9.10. The van der Waals surface area contributed by atoms with Crippen LogP contribution < -0.4 is 9.80 Å². The first kappa shape index (κ1) is 27.6. The van der Waals surface area contributed by atoms with Gasteiger partial charge in [0.25, 0.3) is 0 Å². The molecule has 0 bridgehead atoms. The van der Waals surface area contributed by atoms with Crippen molar-refractivity contribution in [1.29, 1.82) is 0 Å². The number of imide groups is 2. The maximum Gasteiger partial charge on any atom is 0.238 e. The van der Waals surface area contributed by atoms with Crippen LogP contribution in [0.25, 0.3) is 0 Å². The molecule has 1 N–H and O–H groups in total. The molecule has 42 heavy (non-hydrogen) atoms. The molecule has 212 valence electrons. The van der Waals surface area contributed by atoms with Gasteiger partial charge < -0.3 is 5.11 Å². The maximum atomic E-state index is 14.1. The van der Waals surface area contributed by atoms with Crippen LogP contribution in [0.1, 0.15) is 24.3 Å². The summed E-state index contributed by atoms with van der Waals surface area (Å²) in [4.78, 5) is 58.3. The minimum atomic E-state index is -0.792. The molecule has 3 aromatic rings. The summed E-state index contributed by atoms with van der Waals surface area (Å²) in [7, 11) is 0. The molecule has 3 aromatic carbocycles. The van der Waals surface area contributed by atoms with Crippen LogP contribution in [-0.4, -0.2) is 28.7 Å². The number of amides is 4. The lowest BCUT2D eigenvalue weighted by Crippen LogP contribution is -2.43. The van der Waals surface area contributed by atoms with Gasteiger partial charge in [-0.25, -0.2) is 0 Å². The van der Waals surface area contributed by atoms with E-state index in [-0.39, 0.29) is 35.8 Å². The van der Waals surface area contributed by atoms with E-state index in [0.29, 0.717) is 28.4 Å². The van der Waals surface area contributed by atoms with Crippen LogP contribution >= 0.6 is 43.5 Å². The van der Waals surface area contributed by atoms with Crippen LogP contribution in [0, 0.1) is 29.6 Å². The molecule has 4 aliphatic rings. The Kier molecular flexibility index (Phi) is 6.68. The molecule has 2 aliphatic carbocycles. The number of carbonyl (C=O) groups excluding carboxylic acids is 4. The number of phenols is 1. The predicted molar refractivity (Wildman–Crippen MR) is 164 cm³/mol. The monoisotopic (exact) mass is 708 g/mol. The Hall–Kier alpha value is -3.27. The number of phenolic OH excluding ortho intramolecular Hbond substituents is 1. The summed E-state index contributed by atoms with van der Waals surface area (Å²) >= 11 is 13.2. The van der Waals surface area contributed by atoms with Crippen molar-refractivity contribution in [3.8, 4) is 5.75 Å². The molecule has 0 radical (unpaired) electrons. The summed E-state index contributed by atoms with van der Waals surface area (Å²) in [6.07, 6.45) is 2.52. The minimum Gasteiger partial charge on any atom is -0.508 e. The average Bonchev–Trinajstić information content (AvgIpc) is 3.38. The van der Waals surface area contributed by atoms with E-state index in [0.717, 1.165) is 14.5 Å². The van der Waals surface area contributed by atoms with E-state index < -0.39 is 35.5 Å². The number of halogens is 3. The largest absolute Gasteiger partial charge is 0.508 e. The molecule has 1 saturated carbocycles. The number of rotatable bonds is 3. The molecule has 2 aliphatic heterocycles. The van der Waals surface area contributed by atoms with E-state index in [9.17, 15) is 24.3 Å². The highest BCUT2D eigenvalue weighted by Gasteiger charge is 2.62. The number of hydrogen-bond donors (Lipinski definition) is 1. The van der Waals surface area contributed by atoms with Gasteiger partial charge in [0.15, 0.2) is 0 Å². The molecule has 7 nitrogen and oxygen atoms in total. The number of carbonyl (C=O) groups is 4. The number of nitrogens with zero attached hydrogens (tertiary/aromatic N) is 2. The van der Waals surface area contributed by atoms with Gasteiger partial charge in [-0.15, -0.1) is 0 Å². The second-order valence-corrected chi connectivity index (χ2v) is 13.5. The lowest BCUT2D eigenvalue weighted by molar-refractivity contribution is -0.126. The molecule has 2 heterocycles. The van der Waals surface area contributed by atoms with Crippen molar-refractivity contribution in [3.05, 3.63) is 97.9 Å². The predicted octanol–water partition coefficient (Wildman–Crippen LogP) is 6.62. The molecular formula is C32H23Br2ClN2O5. The lowest BCUT2D eigenvalue weighted by atomic mass is 9.57. The summed E-state index contributed by atoms with van der Waals surface area (Å²) in [5.41, 5.74) is 2.19. The summed E-state index contributed by atoms with van der Waals surface area (Å²) in [6, 6.07) is 18.6. The van der Waals surface area contributed by atoms with E-state index >= 15 is 0 Å². The number of aromatic hydroxyl groups is 1. The van der Waals surface area contributed by atoms with Gasteiger partial charge in [0, 0.05) is 25.4 Å². The number of fused-ring (bicyclic) bond motifs is 4. The molecule has 6 atom stereocenters. The highest BCUT2D eigenvalue weighted by atomic mass is 79.9. The van der Waals surface area contributed by atoms with Gasteiger partial charge in [-0.2, -0.15) is 0 Å². The van der Waals surface area contributed by atoms with Crippen molar-refractivity contribution in [2.45, 2.75) is 18.8 Å². The van der Waals surface area contributed by atoms with Crippen molar-refractivity contribution in [2.24, 2.45) is 29.6 Å². The van der Waals surface area contributed by atoms with Crippen molar-refractivity contribution in [3.63, 3.8) is 0 Å². The number of hydrogen-bond acceptors (Lipinski definition) is 5. The molecule has 0 spiro atoms. The quantitative estimate of drug-likeness (QED) is 0.244.